The first-order chi connectivity index (χ1) is 8.88. The second-order valence-electron chi connectivity index (χ2n) is 4.25. The van der Waals surface area contributed by atoms with E-state index in [0.29, 0.717) is 12.8 Å². The minimum atomic E-state index is -3.81. The third-order valence-corrected chi connectivity index (χ3v) is 5.92. The molecule has 0 bridgehead atoms. The normalized spacial score (nSPS) is 13.3. The van der Waals surface area contributed by atoms with Crippen LogP contribution in [0.4, 0.5) is 0 Å². The molecule has 0 aliphatic heterocycles. The van der Waals surface area contributed by atoms with Crippen LogP contribution in [-0.2, 0) is 9.84 Å². The molecule has 0 amide bonds. The Morgan fingerprint density at radius 3 is 2.32 bits per heavy atom. The Morgan fingerprint density at radius 1 is 1.26 bits per heavy atom. The zero-order valence-electron chi connectivity index (χ0n) is 10.7. The third kappa shape index (κ3) is 3.42. The zero-order valence-corrected chi connectivity index (χ0v) is 13.1. The molecule has 1 rings (SSSR count). The molecular weight excluding hydrogens is 305 g/mol. The van der Waals surface area contributed by atoms with Crippen LogP contribution in [0.2, 0.25) is 10.0 Å². The highest BCUT2D eigenvalue weighted by Crippen LogP contribution is 2.31. The minimum Gasteiger partial charge on any atom is -0.222 e. The van der Waals surface area contributed by atoms with Gasteiger partial charge in [-0.3, -0.25) is 0 Å². The average molecular weight is 320 g/mol. The van der Waals surface area contributed by atoms with Crippen LogP contribution in [0.15, 0.2) is 23.1 Å². The number of halogens is 2. The van der Waals surface area contributed by atoms with Crippen LogP contribution in [0.5, 0.6) is 0 Å². The molecule has 104 valence electrons. The van der Waals surface area contributed by atoms with E-state index >= 15 is 0 Å². The maximum Gasteiger partial charge on any atom is 0.196 e. The molecule has 1 unspecified atom stereocenters. The van der Waals surface area contributed by atoms with Crippen LogP contribution >= 0.6 is 23.2 Å². The largest absolute Gasteiger partial charge is 0.222 e. The molecular formula is C13H15Cl2NO2S. The van der Waals surface area contributed by atoms with Gasteiger partial charge in [-0.1, -0.05) is 49.9 Å². The predicted octanol–water partition coefficient (Wildman–Crippen LogP) is 4.10. The van der Waals surface area contributed by atoms with E-state index in [-0.39, 0.29) is 20.9 Å². The Kier molecular flexibility index (Phi) is 5.66. The number of hydrogen-bond donors (Lipinski definition) is 0. The molecule has 0 spiro atoms. The third-order valence-electron chi connectivity index (χ3n) is 3.14. The smallest absolute Gasteiger partial charge is 0.196 e. The molecule has 0 saturated heterocycles. The highest BCUT2D eigenvalue weighted by Gasteiger charge is 2.34. The van der Waals surface area contributed by atoms with Gasteiger partial charge in [-0.2, -0.15) is 5.26 Å². The molecule has 0 aromatic heterocycles. The summed E-state index contributed by atoms with van der Waals surface area (Å²) in [6, 6.07) is 6.14. The molecule has 6 heteroatoms. The average Bonchev–Trinajstić information content (AvgIpc) is 2.38. The summed E-state index contributed by atoms with van der Waals surface area (Å²) in [4.78, 5) is -0.0693. The van der Waals surface area contributed by atoms with Crippen LogP contribution in [0, 0.1) is 17.2 Å². The molecule has 0 radical (unpaired) electrons. The Bertz CT molecular complexity index is 589. The Labute approximate surface area is 124 Å². The maximum atomic E-state index is 12.5. The SMILES string of the molecule is CCC(CC)C(C#N)S(=O)(=O)c1cc(Cl)ccc1Cl. The second-order valence-corrected chi connectivity index (χ2v) is 7.13. The van der Waals surface area contributed by atoms with Gasteiger partial charge in [0.05, 0.1) is 16.0 Å². The summed E-state index contributed by atoms with van der Waals surface area (Å²) in [6.07, 6.45) is 1.23. The lowest BCUT2D eigenvalue weighted by atomic mass is 10.0. The lowest BCUT2D eigenvalue weighted by molar-refractivity contribution is 0.486. The Hall–Kier alpha value is -0.760. The van der Waals surface area contributed by atoms with Gasteiger partial charge in [0.25, 0.3) is 0 Å². The molecule has 3 nitrogen and oxygen atoms in total. The van der Waals surface area contributed by atoms with Crippen molar-refractivity contribution in [2.45, 2.75) is 36.8 Å². The molecule has 1 aromatic carbocycles. The van der Waals surface area contributed by atoms with Crippen molar-refractivity contribution in [2.24, 2.45) is 5.92 Å². The van der Waals surface area contributed by atoms with Crippen molar-refractivity contribution in [2.75, 3.05) is 0 Å². The number of nitrogens with zero attached hydrogens (tertiary/aromatic N) is 1. The fraction of sp³-hybridized carbons (Fsp3) is 0.462. The molecule has 0 aliphatic rings. The van der Waals surface area contributed by atoms with Crippen molar-refractivity contribution < 1.29 is 8.42 Å². The summed E-state index contributed by atoms with van der Waals surface area (Å²) in [7, 11) is -3.81. The van der Waals surface area contributed by atoms with E-state index in [1.807, 2.05) is 19.9 Å². The number of rotatable bonds is 5. The predicted molar refractivity (Wildman–Crippen MR) is 77.1 cm³/mol. The highest BCUT2D eigenvalue weighted by atomic mass is 35.5. The molecule has 1 aromatic rings. The molecule has 0 fully saturated rings. The minimum absolute atomic E-state index is 0.0693. The van der Waals surface area contributed by atoms with Crippen LogP contribution in [-0.4, -0.2) is 13.7 Å². The van der Waals surface area contributed by atoms with E-state index in [0.717, 1.165) is 0 Å². The fourth-order valence-corrected chi connectivity index (χ4v) is 4.59. The highest BCUT2D eigenvalue weighted by molar-refractivity contribution is 7.92. The van der Waals surface area contributed by atoms with E-state index < -0.39 is 15.1 Å². The molecule has 0 heterocycles. The number of nitriles is 1. The number of benzene rings is 1. The van der Waals surface area contributed by atoms with Gasteiger partial charge in [0.1, 0.15) is 0 Å². The van der Waals surface area contributed by atoms with Gasteiger partial charge in [-0.05, 0) is 24.1 Å². The standard InChI is InChI=1S/C13H15Cl2NO2S/c1-3-9(4-2)13(8-16)19(17,18)12-7-10(14)5-6-11(12)15/h5-7,9,13H,3-4H2,1-2H3. The molecule has 0 aliphatic carbocycles. The van der Waals surface area contributed by atoms with E-state index in [1.165, 1.54) is 18.2 Å². The second kappa shape index (κ2) is 6.60. The van der Waals surface area contributed by atoms with E-state index in [1.54, 1.807) is 0 Å². The first-order valence-corrected chi connectivity index (χ1v) is 8.27. The van der Waals surface area contributed by atoms with Gasteiger partial charge in [0.15, 0.2) is 15.1 Å². The van der Waals surface area contributed by atoms with Crippen molar-refractivity contribution in [1.29, 1.82) is 5.26 Å². The zero-order chi connectivity index (χ0) is 14.6. The van der Waals surface area contributed by atoms with E-state index in [4.69, 9.17) is 23.2 Å². The first-order valence-electron chi connectivity index (χ1n) is 5.97. The number of sulfone groups is 1. The van der Waals surface area contributed by atoms with E-state index in [9.17, 15) is 13.7 Å². The Morgan fingerprint density at radius 2 is 1.84 bits per heavy atom. The first kappa shape index (κ1) is 16.3. The van der Waals surface area contributed by atoms with Gasteiger partial charge in [0, 0.05) is 5.02 Å². The van der Waals surface area contributed by atoms with Crippen molar-refractivity contribution in [3.63, 3.8) is 0 Å². The van der Waals surface area contributed by atoms with Crippen LogP contribution in [0.3, 0.4) is 0 Å². The Balaban J connectivity index is 3.37. The lowest BCUT2D eigenvalue weighted by Gasteiger charge is -2.19. The van der Waals surface area contributed by atoms with Gasteiger partial charge in [0.2, 0.25) is 0 Å². The van der Waals surface area contributed by atoms with Crippen molar-refractivity contribution in [1.82, 2.24) is 0 Å². The fourth-order valence-electron chi connectivity index (χ4n) is 1.98. The summed E-state index contributed by atoms with van der Waals surface area (Å²) in [5.74, 6) is -0.218. The van der Waals surface area contributed by atoms with Gasteiger partial charge in [-0.25, -0.2) is 8.42 Å². The van der Waals surface area contributed by atoms with Crippen LogP contribution in [0.1, 0.15) is 26.7 Å². The summed E-state index contributed by atoms with van der Waals surface area (Å²) in [6.45, 7) is 3.74. The molecule has 0 N–H and O–H groups in total. The van der Waals surface area contributed by atoms with Crippen molar-refractivity contribution >= 4 is 33.0 Å². The topological polar surface area (TPSA) is 57.9 Å². The van der Waals surface area contributed by atoms with Crippen LogP contribution < -0.4 is 0 Å². The molecule has 1 atom stereocenters. The summed E-state index contributed by atoms with van der Waals surface area (Å²) >= 11 is 11.7. The van der Waals surface area contributed by atoms with Gasteiger partial charge in [-0.15, -0.1) is 0 Å². The summed E-state index contributed by atoms with van der Waals surface area (Å²) in [5.41, 5.74) is 0. The van der Waals surface area contributed by atoms with Crippen LogP contribution in [0.25, 0.3) is 0 Å². The monoisotopic (exact) mass is 319 g/mol. The number of hydrogen-bond acceptors (Lipinski definition) is 3. The summed E-state index contributed by atoms with van der Waals surface area (Å²) < 4.78 is 25.1. The van der Waals surface area contributed by atoms with Gasteiger partial charge < -0.3 is 0 Å². The maximum absolute atomic E-state index is 12.5. The van der Waals surface area contributed by atoms with Crippen molar-refractivity contribution in [3.8, 4) is 6.07 Å². The molecule has 0 saturated carbocycles. The summed E-state index contributed by atoms with van der Waals surface area (Å²) in [5, 5.41) is 8.49. The van der Waals surface area contributed by atoms with Crippen molar-refractivity contribution in [3.05, 3.63) is 28.2 Å². The lowest BCUT2D eigenvalue weighted by Crippen LogP contribution is -2.28. The molecule has 19 heavy (non-hydrogen) atoms. The van der Waals surface area contributed by atoms with Gasteiger partial charge >= 0.3 is 0 Å². The van der Waals surface area contributed by atoms with E-state index in [2.05, 4.69) is 0 Å². The quantitative estimate of drug-likeness (QED) is 0.821.